The third kappa shape index (κ3) is 4.22. The number of methoxy groups -OCH3 is 1. The number of ether oxygens (including phenoxy) is 1. The third-order valence-corrected chi connectivity index (χ3v) is 3.29. The first-order valence-corrected chi connectivity index (χ1v) is 5.80. The normalized spacial score (nSPS) is 13.2. The first kappa shape index (κ1) is 11.2. The van der Waals surface area contributed by atoms with Crippen LogP contribution in [-0.4, -0.2) is 19.8 Å². The molecule has 0 radical (unpaired) electrons. The average molecular weight is 264 g/mol. The van der Waals surface area contributed by atoms with Crippen molar-refractivity contribution in [1.29, 1.82) is 0 Å². The van der Waals surface area contributed by atoms with Crippen molar-refractivity contribution in [3.05, 3.63) is 20.8 Å². The van der Waals surface area contributed by atoms with Gasteiger partial charge in [0, 0.05) is 24.6 Å². The first-order valence-electron chi connectivity index (χ1n) is 4.19. The van der Waals surface area contributed by atoms with Gasteiger partial charge in [-0.15, -0.1) is 11.3 Å². The van der Waals surface area contributed by atoms with Crippen LogP contribution in [0.1, 0.15) is 11.8 Å². The van der Waals surface area contributed by atoms with E-state index in [2.05, 4.69) is 40.3 Å². The molecule has 4 heteroatoms. The van der Waals surface area contributed by atoms with Gasteiger partial charge in [0.25, 0.3) is 0 Å². The van der Waals surface area contributed by atoms with Crippen molar-refractivity contribution in [2.24, 2.45) is 0 Å². The molecular formula is C9H14BrNOS. The average Bonchev–Trinajstić information content (AvgIpc) is 2.49. The highest BCUT2D eigenvalue weighted by Gasteiger charge is 2.01. The van der Waals surface area contributed by atoms with Gasteiger partial charge in [-0.25, -0.2) is 0 Å². The van der Waals surface area contributed by atoms with Crippen LogP contribution in [0, 0.1) is 0 Å². The van der Waals surface area contributed by atoms with Gasteiger partial charge in [-0.05, 0) is 35.0 Å². The Morgan fingerprint density at radius 3 is 2.92 bits per heavy atom. The number of rotatable bonds is 5. The Bertz CT molecular complexity index is 252. The Morgan fingerprint density at radius 2 is 2.38 bits per heavy atom. The molecule has 0 saturated carbocycles. The van der Waals surface area contributed by atoms with E-state index in [1.54, 1.807) is 18.4 Å². The van der Waals surface area contributed by atoms with E-state index in [4.69, 9.17) is 4.74 Å². The fourth-order valence-corrected chi connectivity index (χ4v) is 2.46. The van der Waals surface area contributed by atoms with Gasteiger partial charge in [0.15, 0.2) is 0 Å². The highest BCUT2D eigenvalue weighted by Crippen LogP contribution is 2.21. The van der Waals surface area contributed by atoms with Crippen molar-refractivity contribution in [2.75, 3.05) is 13.7 Å². The molecule has 0 saturated heterocycles. The van der Waals surface area contributed by atoms with Crippen molar-refractivity contribution in [1.82, 2.24) is 5.32 Å². The summed E-state index contributed by atoms with van der Waals surface area (Å²) in [5.74, 6) is 0. The van der Waals surface area contributed by atoms with Crippen molar-refractivity contribution in [3.8, 4) is 0 Å². The molecular weight excluding hydrogens is 250 g/mol. The summed E-state index contributed by atoms with van der Waals surface area (Å²) >= 11 is 5.20. The molecule has 1 heterocycles. The van der Waals surface area contributed by atoms with Gasteiger partial charge in [0.05, 0.1) is 10.4 Å². The van der Waals surface area contributed by atoms with Crippen LogP contribution in [0.5, 0.6) is 0 Å². The largest absolute Gasteiger partial charge is 0.383 e. The van der Waals surface area contributed by atoms with E-state index in [1.807, 2.05) is 0 Å². The summed E-state index contributed by atoms with van der Waals surface area (Å²) in [6, 6.07) is 4.61. The second-order valence-electron chi connectivity index (χ2n) is 2.94. The maximum atomic E-state index is 5.03. The fraction of sp³-hybridized carbons (Fsp3) is 0.556. The Labute approximate surface area is 91.4 Å². The molecule has 1 atom stereocenters. The molecule has 2 nitrogen and oxygen atoms in total. The van der Waals surface area contributed by atoms with Crippen LogP contribution in [-0.2, 0) is 11.3 Å². The van der Waals surface area contributed by atoms with Gasteiger partial charge in [0.1, 0.15) is 0 Å². The van der Waals surface area contributed by atoms with E-state index in [9.17, 15) is 0 Å². The van der Waals surface area contributed by atoms with Crippen molar-refractivity contribution in [2.45, 2.75) is 19.5 Å². The monoisotopic (exact) mass is 263 g/mol. The predicted molar refractivity (Wildman–Crippen MR) is 60.2 cm³/mol. The highest BCUT2D eigenvalue weighted by atomic mass is 79.9. The van der Waals surface area contributed by atoms with Gasteiger partial charge >= 0.3 is 0 Å². The lowest BCUT2D eigenvalue weighted by molar-refractivity contribution is 0.172. The number of nitrogens with one attached hydrogen (secondary N) is 1. The maximum absolute atomic E-state index is 5.03. The Balaban J connectivity index is 2.26. The quantitative estimate of drug-likeness (QED) is 0.882. The molecule has 13 heavy (non-hydrogen) atoms. The Kier molecular flexibility index (Phi) is 4.94. The van der Waals surface area contributed by atoms with Crippen LogP contribution in [0.25, 0.3) is 0 Å². The molecule has 0 fully saturated rings. The summed E-state index contributed by atoms with van der Waals surface area (Å²) in [6.45, 7) is 3.79. The molecule has 0 spiro atoms. The van der Waals surface area contributed by atoms with E-state index < -0.39 is 0 Å². The van der Waals surface area contributed by atoms with Crippen LogP contribution >= 0.6 is 27.3 Å². The molecule has 1 aromatic rings. The second-order valence-corrected chi connectivity index (χ2v) is 5.49. The van der Waals surface area contributed by atoms with Gasteiger partial charge < -0.3 is 10.1 Å². The minimum atomic E-state index is 0.408. The number of hydrogen-bond donors (Lipinski definition) is 1. The molecule has 1 N–H and O–H groups in total. The Hall–Kier alpha value is 0.1000. The lowest BCUT2D eigenvalue weighted by atomic mass is 10.3. The summed E-state index contributed by atoms with van der Waals surface area (Å²) in [7, 11) is 1.72. The van der Waals surface area contributed by atoms with Crippen LogP contribution in [0.2, 0.25) is 0 Å². The highest BCUT2D eigenvalue weighted by molar-refractivity contribution is 9.11. The molecule has 0 aliphatic heterocycles. The zero-order chi connectivity index (χ0) is 9.68. The molecule has 0 aliphatic carbocycles. The molecule has 1 rings (SSSR count). The number of hydrogen-bond acceptors (Lipinski definition) is 3. The van der Waals surface area contributed by atoms with E-state index >= 15 is 0 Å². The minimum Gasteiger partial charge on any atom is -0.383 e. The molecule has 74 valence electrons. The summed E-state index contributed by atoms with van der Waals surface area (Å²) in [5, 5.41) is 3.38. The smallest absolute Gasteiger partial charge is 0.0701 e. The van der Waals surface area contributed by atoms with Crippen molar-refractivity contribution >= 4 is 27.3 Å². The summed E-state index contributed by atoms with van der Waals surface area (Å²) in [4.78, 5) is 1.34. The van der Waals surface area contributed by atoms with Gasteiger partial charge in [-0.3, -0.25) is 0 Å². The zero-order valence-corrected chi connectivity index (χ0v) is 10.2. The van der Waals surface area contributed by atoms with E-state index in [-0.39, 0.29) is 0 Å². The summed E-state index contributed by atoms with van der Waals surface area (Å²) in [6.07, 6.45) is 0. The van der Waals surface area contributed by atoms with E-state index in [0.29, 0.717) is 6.04 Å². The molecule has 0 amide bonds. The first-order chi connectivity index (χ1) is 6.22. The summed E-state index contributed by atoms with van der Waals surface area (Å²) in [5.41, 5.74) is 0. The van der Waals surface area contributed by atoms with Crippen LogP contribution in [0.3, 0.4) is 0 Å². The third-order valence-electron chi connectivity index (χ3n) is 1.67. The van der Waals surface area contributed by atoms with Crippen molar-refractivity contribution < 1.29 is 4.74 Å². The lowest BCUT2D eigenvalue weighted by Crippen LogP contribution is -2.29. The predicted octanol–water partition coefficient (Wildman–Crippen LogP) is 2.64. The fourth-order valence-electron chi connectivity index (χ4n) is 1.03. The van der Waals surface area contributed by atoms with Crippen molar-refractivity contribution in [3.63, 3.8) is 0 Å². The molecule has 0 aromatic carbocycles. The van der Waals surface area contributed by atoms with Crippen LogP contribution in [0.15, 0.2) is 15.9 Å². The van der Waals surface area contributed by atoms with Crippen LogP contribution in [0.4, 0.5) is 0 Å². The van der Waals surface area contributed by atoms with Gasteiger partial charge in [0.2, 0.25) is 0 Å². The topological polar surface area (TPSA) is 21.3 Å². The van der Waals surface area contributed by atoms with Gasteiger partial charge in [-0.2, -0.15) is 0 Å². The zero-order valence-electron chi connectivity index (χ0n) is 7.84. The maximum Gasteiger partial charge on any atom is 0.0701 e. The summed E-state index contributed by atoms with van der Waals surface area (Å²) < 4.78 is 6.21. The van der Waals surface area contributed by atoms with Gasteiger partial charge in [-0.1, -0.05) is 0 Å². The van der Waals surface area contributed by atoms with Crippen LogP contribution < -0.4 is 5.32 Å². The standard InChI is InChI=1S/C9H14BrNOS/c1-7(6-12-2)11-5-8-3-4-9(10)13-8/h3-4,7,11H,5-6H2,1-2H3/t7-/m0/s1. The number of thiophene rings is 1. The second kappa shape index (κ2) is 5.75. The molecule has 0 unspecified atom stereocenters. The molecule has 1 aromatic heterocycles. The van der Waals surface area contributed by atoms with E-state index in [1.165, 1.54) is 8.66 Å². The Morgan fingerprint density at radius 1 is 1.62 bits per heavy atom. The minimum absolute atomic E-state index is 0.408. The lowest BCUT2D eigenvalue weighted by Gasteiger charge is -2.11. The SMILES string of the molecule is COC[C@H](C)NCc1ccc(Br)s1. The van der Waals surface area contributed by atoms with E-state index in [0.717, 1.165) is 13.2 Å². The molecule has 0 bridgehead atoms. The number of halogens is 1. The molecule has 0 aliphatic rings.